The highest BCUT2D eigenvalue weighted by Crippen LogP contribution is 2.47. The Hall–Kier alpha value is -3.35. The average molecular weight is 354 g/mol. The monoisotopic (exact) mass is 354 g/mol. The number of fused-ring (bicyclic) bond motifs is 4. The van der Waals surface area contributed by atoms with Crippen LogP contribution >= 0.6 is 0 Å². The molecule has 134 valence electrons. The van der Waals surface area contributed by atoms with Crippen LogP contribution in [0.1, 0.15) is 0 Å². The van der Waals surface area contributed by atoms with E-state index in [1.54, 1.807) is 45.2 Å². The smallest absolute Gasteiger partial charge is 0.204 e. The first kappa shape index (κ1) is 16.1. The van der Waals surface area contributed by atoms with Gasteiger partial charge in [0.25, 0.3) is 0 Å². The van der Waals surface area contributed by atoms with E-state index in [-0.39, 0.29) is 5.75 Å². The Balaban J connectivity index is 2.17. The molecule has 4 rings (SSSR count). The third kappa shape index (κ3) is 2.10. The van der Waals surface area contributed by atoms with E-state index in [9.17, 15) is 5.11 Å². The summed E-state index contributed by atoms with van der Waals surface area (Å²) in [5.74, 6) is 2.19. The topological polar surface area (TPSA) is 74.5 Å². The van der Waals surface area contributed by atoms with Crippen LogP contribution in [0.25, 0.3) is 27.2 Å². The molecular formula is C19H18N2O5. The van der Waals surface area contributed by atoms with Crippen molar-refractivity contribution in [3.05, 3.63) is 30.5 Å². The van der Waals surface area contributed by atoms with Crippen LogP contribution in [0.15, 0.2) is 30.5 Å². The number of ether oxygens (including phenoxy) is 4. The molecule has 0 spiro atoms. The number of hydrogen-bond donors (Lipinski definition) is 1. The zero-order valence-electron chi connectivity index (χ0n) is 14.9. The summed E-state index contributed by atoms with van der Waals surface area (Å²) < 4.78 is 23.3. The van der Waals surface area contributed by atoms with Gasteiger partial charge in [0.2, 0.25) is 5.75 Å². The number of nitrogens with zero attached hydrogens (tertiary/aromatic N) is 2. The van der Waals surface area contributed by atoms with E-state index < -0.39 is 0 Å². The minimum Gasteiger partial charge on any atom is -0.505 e. The van der Waals surface area contributed by atoms with Gasteiger partial charge in [-0.2, -0.15) is 5.10 Å². The highest BCUT2D eigenvalue weighted by molar-refractivity contribution is 6.07. The van der Waals surface area contributed by atoms with Crippen molar-refractivity contribution in [3.8, 4) is 28.7 Å². The first-order valence-corrected chi connectivity index (χ1v) is 7.93. The molecular weight excluding hydrogens is 336 g/mol. The number of hydrogen-bond acceptors (Lipinski definition) is 6. The summed E-state index contributed by atoms with van der Waals surface area (Å²) in [6.45, 7) is 0. The predicted molar refractivity (Wildman–Crippen MR) is 98.1 cm³/mol. The van der Waals surface area contributed by atoms with Crippen molar-refractivity contribution in [3.63, 3.8) is 0 Å². The van der Waals surface area contributed by atoms with Crippen LogP contribution in [0.3, 0.4) is 0 Å². The highest BCUT2D eigenvalue weighted by Gasteiger charge is 2.21. The van der Waals surface area contributed by atoms with E-state index in [4.69, 9.17) is 18.9 Å². The molecule has 2 aromatic carbocycles. The largest absolute Gasteiger partial charge is 0.505 e. The van der Waals surface area contributed by atoms with Crippen molar-refractivity contribution < 1.29 is 24.1 Å². The fourth-order valence-electron chi connectivity index (χ4n) is 3.29. The molecule has 0 saturated carbocycles. The third-order valence-electron chi connectivity index (χ3n) is 4.50. The van der Waals surface area contributed by atoms with Gasteiger partial charge in [-0.25, -0.2) is 4.52 Å². The van der Waals surface area contributed by atoms with Crippen LogP contribution in [0.5, 0.6) is 28.7 Å². The molecule has 0 aliphatic rings. The Morgan fingerprint density at radius 2 is 1.62 bits per heavy atom. The van der Waals surface area contributed by atoms with Gasteiger partial charge in [0.15, 0.2) is 11.5 Å². The molecule has 0 radical (unpaired) electrons. The Labute approximate surface area is 149 Å². The summed E-state index contributed by atoms with van der Waals surface area (Å²) in [6.07, 6.45) is 1.80. The van der Waals surface area contributed by atoms with Crippen molar-refractivity contribution in [2.75, 3.05) is 28.4 Å². The lowest BCUT2D eigenvalue weighted by Crippen LogP contribution is -1.98. The molecule has 26 heavy (non-hydrogen) atoms. The molecule has 0 aliphatic carbocycles. The lowest BCUT2D eigenvalue weighted by Gasteiger charge is -2.15. The molecule has 0 amide bonds. The number of aromatic nitrogens is 2. The molecule has 0 unspecified atom stereocenters. The summed E-state index contributed by atoms with van der Waals surface area (Å²) in [5.41, 5.74) is 1.32. The van der Waals surface area contributed by atoms with Gasteiger partial charge in [-0.05, 0) is 18.2 Å². The van der Waals surface area contributed by atoms with E-state index in [0.29, 0.717) is 44.8 Å². The van der Waals surface area contributed by atoms with Crippen LogP contribution in [-0.4, -0.2) is 43.2 Å². The molecule has 0 aliphatic heterocycles. The summed E-state index contributed by atoms with van der Waals surface area (Å²) >= 11 is 0. The van der Waals surface area contributed by atoms with Gasteiger partial charge in [-0.1, -0.05) is 0 Å². The molecule has 0 atom stereocenters. The summed E-state index contributed by atoms with van der Waals surface area (Å²) in [6, 6.07) is 7.27. The molecule has 1 N–H and O–H groups in total. The van der Waals surface area contributed by atoms with Gasteiger partial charge >= 0.3 is 0 Å². The lowest BCUT2D eigenvalue weighted by atomic mass is 10.1. The highest BCUT2D eigenvalue weighted by atomic mass is 16.5. The third-order valence-corrected chi connectivity index (χ3v) is 4.50. The fourth-order valence-corrected chi connectivity index (χ4v) is 3.29. The van der Waals surface area contributed by atoms with Crippen molar-refractivity contribution in [2.45, 2.75) is 0 Å². The normalized spacial score (nSPS) is 11.2. The first-order chi connectivity index (χ1) is 12.6. The number of benzene rings is 2. The quantitative estimate of drug-likeness (QED) is 0.606. The minimum absolute atomic E-state index is 0.0921. The zero-order valence-corrected chi connectivity index (χ0v) is 14.9. The van der Waals surface area contributed by atoms with Crippen molar-refractivity contribution in [1.82, 2.24) is 9.61 Å². The van der Waals surface area contributed by atoms with E-state index in [1.807, 2.05) is 18.2 Å². The Morgan fingerprint density at radius 1 is 0.846 bits per heavy atom. The molecule has 2 heterocycles. The molecule has 2 aromatic heterocycles. The van der Waals surface area contributed by atoms with Gasteiger partial charge < -0.3 is 24.1 Å². The van der Waals surface area contributed by atoms with Crippen molar-refractivity contribution in [1.29, 1.82) is 0 Å². The predicted octanol–water partition coefficient (Wildman–Crippen LogP) is 3.38. The molecule has 7 heteroatoms. The van der Waals surface area contributed by atoms with E-state index in [1.165, 1.54) is 0 Å². The fraction of sp³-hybridized carbons (Fsp3) is 0.211. The van der Waals surface area contributed by atoms with Crippen LogP contribution in [0.2, 0.25) is 0 Å². The summed E-state index contributed by atoms with van der Waals surface area (Å²) in [4.78, 5) is 0. The van der Waals surface area contributed by atoms with Gasteiger partial charge in [0.05, 0.1) is 39.3 Å². The van der Waals surface area contributed by atoms with Crippen LogP contribution < -0.4 is 18.9 Å². The summed E-state index contributed by atoms with van der Waals surface area (Å²) in [7, 11) is 6.23. The maximum atomic E-state index is 11.0. The molecule has 4 aromatic rings. The summed E-state index contributed by atoms with van der Waals surface area (Å²) in [5, 5.41) is 17.6. The van der Waals surface area contributed by atoms with Crippen molar-refractivity contribution >= 4 is 27.2 Å². The average Bonchev–Trinajstić information content (AvgIpc) is 3.04. The number of aromatic hydroxyl groups is 1. The lowest BCUT2D eigenvalue weighted by molar-refractivity contribution is 0.327. The van der Waals surface area contributed by atoms with Crippen molar-refractivity contribution in [2.24, 2.45) is 0 Å². The molecule has 0 bridgehead atoms. The molecule has 0 fully saturated rings. The van der Waals surface area contributed by atoms with Gasteiger partial charge in [0.1, 0.15) is 17.0 Å². The zero-order chi connectivity index (χ0) is 18.4. The maximum Gasteiger partial charge on any atom is 0.204 e. The van der Waals surface area contributed by atoms with Crippen LogP contribution in [0, 0.1) is 0 Å². The SMILES string of the molecule is COc1ccc2c(c1)nn1cc3c(OC)c(OC)c(OC)cc3c(O)c21. The first-order valence-electron chi connectivity index (χ1n) is 7.93. The van der Waals surface area contributed by atoms with Crippen LogP contribution in [-0.2, 0) is 0 Å². The second-order valence-electron chi connectivity index (χ2n) is 5.76. The molecule has 7 nitrogen and oxygen atoms in total. The Bertz CT molecular complexity index is 1150. The van der Waals surface area contributed by atoms with E-state index in [2.05, 4.69) is 5.10 Å². The van der Waals surface area contributed by atoms with E-state index in [0.717, 1.165) is 5.39 Å². The standard InChI is InChI=1S/C19H18N2O5/c1-23-10-5-6-11-14(7-10)20-21-9-13-12(17(22)16(11)21)8-15(24-2)19(26-4)18(13)25-3/h5-9,22H,1-4H3. The van der Waals surface area contributed by atoms with Gasteiger partial charge in [0, 0.05) is 23.0 Å². The minimum atomic E-state index is 0.0921. The Kier molecular flexibility index (Phi) is 3.64. The second-order valence-corrected chi connectivity index (χ2v) is 5.76. The Morgan fingerprint density at radius 3 is 2.27 bits per heavy atom. The number of pyridine rings is 1. The molecule has 0 saturated heterocycles. The maximum absolute atomic E-state index is 11.0. The van der Waals surface area contributed by atoms with Gasteiger partial charge in [-0.15, -0.1) is 0 Å². The number of methoxy groups -OCH3 is 4. The van der Waals surface area contributed by atoms with Gasteiger partial charge in [-0.3, -0.25) is 0 Å². The van der Waals surface area contributed by atoms with Crippen LogP contribution in [0.4, 0.5) is 0 Å². The second kappa shape index (κ2) is 5.87. The number of rotatable bonds is 4. The van der Waals surface area contributed by atoms with E-state index >= 15 is 0 Å².